The summed E-state index contributed by atoms with van der Waals surface area (Å²) < 4.78 is 28.1. The molecule has 1 fully saturated rings. The highest BCUT2D eigenvalue weighted by Gasteiger charge is 2.46. The van der Waals surface area contributed by atoms with E-state index in [9.17, 15) is 8.42 Å². The SMILES string of the molecule is O=S(=O)(Nc1ccc2c(c1)CCN2)C1C(Cl)N=C2SCCN21. The smallest absolute Gasteiger partial charge is 0.257 e. The van der Waals surface area contributed by atoms with E-state index in [0.29, 0.717) is 12.2 Å². The number of fused-ring (bicyclic) bond motifs is 2. The van der Waals surface area contributed by atoms with Gasteiger partial charge in [0, 0.05) is 30.2 Å². The number of benzene rings is 1. The average molecular weight is 359 g/mol. The molecule has 9 heteroatoms. The Morgan fingerprint density at radius 3 is 3.18 bits per heavy atom. The van der Waals surface area contributed by atoms with Gasteiger partial charge in [-0.3, -0.25) is 4.72 Å². The maximum Gasteiger partial charge on any atom is 0.257 e. The first-order valence-corrected chi connectivity index (χ1v) is 10.0. The number of nitrogens with one attached hydrogen (secondary N) is 2. The lowest BCUT2D eigenvalue weighted by Gasteiger charge is -2.24. The van der Waals surface area contributed by atoms with Gasteiger partial charge in [-0.2, -0.15) is 0 Å². The molecule has 2 unspecified atom stereocenters. The molecular weight excluding hydrogens is 344 g/mol. The molecule has 1 aromatic rings. The molecular formula is C13H15ClN4O2S2. The fraction of sp³-hybridized carbons (Fsp3) is 0.462. The topological polar surface area (TPSA) is 73.8 Å². The van der Waals surface area contributed by atoms with E-state index in [-0.39, 0.29) is 0 Å². The van der Waals surface area contributed by atoms with E-state index in [1.807, 2.05) is 12.1 Å². The molecule has 2 N–H and O–H groups in total. The van der Waals surface area contributed by atoms with Crippen LogP contribution in [0.2, 0.25) is 0 Å². The van der Waals surface area contributed by atoms with E-state index in [0.717, 1.165) is 35.1 Å². The zero-order valence-corrected chi connectivity index (χ0v) is 14.0. The minimum Gasteiger partial charge on any atom is -0.384 e. The minimum atomic E-state index is -3.64. The molecule has 22 heavy (non-hydrogen) atoms. The monoisotopic (exact) mass is 358 g/mol. The van der Waals surface area contributed by atoms with Crippen molar-refractivity contribution in [3.05, 3.63) is 23.8 Å². The molecule has 3 aliphatic heterocycles. The Hall–Kier alpha value is -1.12. The summed E-state index contributed by atoms with van der Waals surface area (Å²) in [5, 5.41) is 3.14. The largest absolute Gasteiger partial charge is 0.384 e. The molecule has 4 rings (SSSR count). The first-order chi connectivity index (χ1) is 10.5. The van der Waals surface area contributed by atoms with Crippen molar-refractivity contribution in [2.75, 3.05) is 28.9 Å². The van der Waals surface area contributed by atoms with Crippen LogP contribution in [0.25, 0.3) is 0 Å². The summed E-state index contributed by atoms with van der Waals surface area (Å²) in [6.45, 7) is 1.55. The molecule has 118 valence electrons. The van der Waals surface area contributed by atoms with Crippen LogP contribution in [0.5, 0.6) is 0 Å². The zero-order chi connectivity index (χ0) is 15.3. The lowest BCUT2D eigenvalue weighted by atomic mass is 10.1. The Morgan fingerprint density at radius 2 is 2.32 bits per heavy atom. The fourth-order valence-corrected chi connectivity index (χ4v) is 6.25. The van der Waals surface area contributed by atoms with Gasteiger partial charge < -0.3 is 10.2 Å². The van der Waals surface area contributed by atoms with Crippen molar-refractivity contribution in [1.29, 1.82) is 0 Å². The molecule has 6 nitrogen and oxygen atoms in total. The highest BCUT2D eigenvalue weighted by atomic mass is 35.5. The van der Waals surface area contributed by atoms with E-state index in [4.69, 9.17) is 11.6 Å². The molecule has 0 aromatic heterocycles. The van der Waals surface area contributed by atoms with Crippen molar-refractivity contribution >= 4 is 49.9 Å². The van der Waals surface area contributed by atoms with Gasteiger partial charge in [0.2, 0.25) is 0 Å². The van der Waals surface area contributed by atoms with Gasteiger partial charge in [-0.1, -0.05) is 23.4 Å². The van der Waals surface area contributed by atoms with E-state index in [1.165, 1.54) is 0 Å². The molecule has 0 saturated carbocycles. The van der Waals surface area contributed by atoms with Crippen molar-refractivity contribution in [3.8, 4) is 0 Å². The third kappa shape index (κ3) is 2.33. The number of alkyl halides is 1. The second-order valence-corrected chi connectivity index (χ2v) is 8.70. The molecule has 0 aliphatic carbocycles. The number of aliphatic imine (C=N–C) groups is 1. The van der Waals surface area contributed by atoms with Crippen LogP contribution in [-0.4, -0.2) is 48.2 Å². The Bertz CT molecular complexity index is 752. The second-order valence-electron chi connectivity index (χ2n) is 5.41. The number of halogens is 1. The van der Waals surface area contributed by atoms with Crippen LogP contribution in [0.1, 0.15) is 5.56 Å². The molecule has 0 amide bonds. The molecule has 0 bridgehead atoms. The second kappa shape index (κ2) is 5.21. The number of hydrogen-bond acceptors (Lipinski definition) is 6. The molecule has 0 radical (unpaired) electrons. The van der Waals surface area contributed by atoms with Gasteiger partial charge >= 0.3 is 0 Å². The van der Waals surface area contributed by atoms with Gasteiger partial charge in [0.05, 0.1) is 0 Å². The molecule has 3 heterocycles. The number of rotatable bonds is 3. The van der Waals surface area contributed by atoms with Gasteiger partial charge in [0.1, 0.15) is 0 Å². The van der Waals surface area contributed by atoms with E-state index < -0.39 is 20.9 Å². The first kappa shape index (κ1) is 14.5. The van der Waals surface area contributed by atoms with Crippen LogP contribution >= 0.6 is 23.4 Å². The Balaban J connectivity index is 1.59. The maximum absolute atomic E-state index is 12.7. The van der Waals surface area contributed by atoms with Crippen LogP contribution < -0.4 is 10.0 Å². The van der Waals surface area contributed by atoms with Crippen molar-refractivity contribution in [2.24, 2.45) is 4.99 Å². The van der Waals surface area contributed by atoms with Crippen molar-refractivity contribution in [2.45, 2.75) is 17.3 Å². The Morgan fingerprint density at radius 1 is 1.45 bits per heavy atom. The lowest BCUT2D eigenvalue weighted by Crippen LogP contribution is -2.44. The van der Waals surface area contributed by atoms with E-state index >= 15 is 0 Å². The molecule has 3 aliphatic rings. The van der Waals surface area contributed by atoms with Crippen LogP contribution in [0.3, 0.4) is 0 Å². The fourth-order valence-electron chi connectivity index (χ4n) is 2.99. The standard InChI is InChI=1S/C13H15ClN4O2S2/c14-11-12(18-5-6-21-13(18)16-11)22(19,20)17-9-1-2-10-8(7-9)3-4-15-10/h1-2,7,11-12,15,17H,3-6H2. The Labute approximate surface area is 138 Å². The van der Waals surface area contributed by atoms with Gasteiger partial charge in [-0.15, -0.1) is 0 Å². The predicted octanol–water partition coefficient (Wildman–Crippen LogP) is 1.71. The highest BCUT2D eigenvalue weighted by Crippen LogP contribution is 2.34. The van der Waals surface area contributed by atoms with Gasteiger partial charge in [-0.05, 0) is 30.2 Å². The lowest BCUT2D eigenvalue weighted by molar-refractivity contribution is 0.431. The van der Waals surface area contributed by atoms with Gasteiger partial charge in [-0.25, -0.2) is 13.4 Å². The Kier molecular flexibility index (Phi) is 3.43. The molecule has 2 atom stereocenters. The number of anilines is 2. The zero-order valence-electron chi connectivity index (χ0n) is 11.6. The number of amidine groups is 1. The summed E-state index contributed by atoms with van der Waals surface area (Å²) in [5.41, 5.74) is 2.01. The van der Waals surface area contributed by atoms with Crippen LogP contribution in [0, 0.1) is 0 Å². The average Bonchev–Trinajstić information content (AvgIpc) is 3.11. The summed E-state index contributed by atoms with van der Waals surface area (Å²) in [7, 11) is -3.64. The number of sulfonamides is 1. The minimum absolute atomic E-state index is 0.576. The van der Waals surface area contributed by atoms with Crippen LogP contribution in [0.15, 0.2) is 23.2 Å². The summed E-state index contributed by atoms with van der Waals surface area (Å²) >= 11 is 7.70. The van der Waals surface area contributed by atoms with E-state index in [2.05, 4.69) is 15.0 Å². The third-order valence-electron chi connectivity index (χ3n) is 3.98. The number of nitrogens with zero attached hydrogens (tertiary/aromatic N) is 2. The molecule has 1 aromatic carbocycles. The van der Waals surface area contributed by atoms with Crippen LogP contribution in [0.4, 0.5) is 11.4 Å². The van der Waals surface area contributed by atoms with Crippen LogP contribution in [-0.2, 0) is 16.4 Å². The predicted molar refractivity (Wildman–Crippen MR) is 91.2 cm³/mol. The normalized spacial score (nSPS) is 26.4. The maximum atomic E-state index is 12.7. The number of hydrogen-bond donors (Lipinski definition) is 2. The third-order valence-corrected chi connectivity index (χ3v) is 7.12. The number of thioether (sulfide) groups is 1. The first-order valence-electron chi connectivity index (χ1n) is 7.04. The summed E-state index contributed by atoms with van der Waals surface area (Å²) in [6.07, 6.45) is 0.905. The highest BCUT2D eigenvalue weighted by molar-refractivity contribution is 8.14. The molecule has 0 spiro atoms. The van der Waals surface area contributed by atoms with Crippen molar-refractivity contribution in [3.63, 3.8) is 0 Å². The van der Waals surface area contributed by atoms with E-state index in [1.54, 1.807) is 22.7 Å². The van der Waals surface area contributed by atoms with Crippen molar-refractivity contribution in [1.82, 2.24) is 4.90 Å². The van der Waals surface area contributed by atoms with Crippen molar-refractivity contribution < 1.29 is 8.42 Å². The quantitative estimate of drug-likeness (QED) is 0.635. The van der Waals surface area contributed by atoms with Gasteiger partial charge in [0.25, 0.3) is 10.0 Å². The molecule has 1 saturated heterocycles. The summed E-state index contributed by atoms with van der Waals surface area (Å²) in [5.74, 6) is 0.846. The van der Waals surface area contributed by atoms with Gasteiger partial charge in [0.15, 0.2) is 16.0 Å². The summed E-state index contributed by atoms with van der Waals surface area (Å²) in [6, 6.07) is 5.56. The summed E-state index contributed by atoms with van der Waals surface area (Å²) in [4.78, 5) is 6.02.